The highest BCUT2D eigenvalue weighted by Gasteiger charge is 2.10. The van der Waals surface area contributed by atoms with Crippen LogP contribution in [0.2, 0.25) is 0 Å². The van der Waals surface area contributed by atoms with E-state index in [-0.39, 0.29) is 11.6 Å². The van der Waals surface area contributed by atoms with E-state index >= 15 is 0 Å². The zero-order valence-corrected chi connectivity index (χ0v) is 13.1. The highest BCUT2D eigenvalue weighted by atomic mass is 32.1. The minimum absolute atomic E-state index is 0.166. The summed E-state index contributed by atoms with van der Waals surface area (Å²) in [6.07, 6.45) is 6.31. The summed E-state index contributed by atoms with van der Waals surface area (Å²) in [7, 11) is 0. The van der Waals surface area contributed by atoms with E-state index in [1.165, 1.54) is 29.5 Å². The highest BCUT2D eigenvalue weighted by Crippen LogP contribution is 2.25. The zero-order valence-electron chi connectivity index (χ0n) is 12.3. The number of nitrogens with zero attached hydrogens (tertiary/aromatic N) is 1. The second-order valence-electron chi connectivity index (χ2n) is 5.14. The number of nitrogens with one attached hydrogen (secondary N) is 1. The molecule has 3 heterocycles. The molecule has 3 aromatic heterocycles. The minimum Gasteiger partial charge on any atom is -0.462 e. The van der Waals surface area contributed by atoms with Crippen molar-refractivity contribution < 1.29 is 13.6 Å². The molecule has 0 unspecified atom stereocenters. The molecule has 118 valence electrons. The molecule has 0 spiro atoms. The molecule has 24 heavy (non-hydrogen) atoms. The molecule has 0 amide bonds. The number of furan rings is 1. The van der Waals surface area contributed by atoms with Crippen LogP contribution in [0.5, 0.6) is 0 Å². The predicted octanol–water partition coefficient (Wildman–Crippen LogP) is 4.92. The molecule has 0 atom stereocenters. The van der Waals surface area contributed by atoms with Crippen LogP contribution in [0.1, 0.15) is 16.1 Å². The average molecular weight is 338 g/mol. The molecule has 6 heteroatoms. The standard InChI is InChI=1S/C18H11FN2O2S/c19-11-3-5-13-14(9-20-15(13)8-11)16(22)6-4-12-10-24-18(21-12)17-2-1-7-23-17/h1-10,20H. The number of hydrogen-bond donors (Lipinski definition) is 1. The van der Waals surface area contributed by atoms with E-state index in [0.29, 0.717) is 27.9 Å². The summed E-state index contributed by atoms with van der Waals surface area (Å²) >= 11 is 1.45. The van der Waals surface area contributed by atoms with E-state index in [4.69, 9.17) is 4.42 Å². The summed E-state index contributed by atoms with van der Waals surface area (Å²) in [5.74, 6) is 0.192. The Hall–Kier alpha value is -2.99. The van der Waals surface area contributed by atoms with Gasteiger partial charge in [0.05, 0.1) is 12.0 Å². The first-order valence-corrected chi connectivity index (χ1v) is 8.07. The van der Waals surface area contributed by atoms with Gasteiger partial charge in [-0.3, -0.25) is 4.79 Å². The first-order valence-electron chi connectivity index (χ1n) is 7.19. The number of allylic oxidation sites excluding steroid dienone is 1. The Bertz CT molecular complexity index is 1040. The number of carbonyl (C=O) groups excluding carboxylic acids is 1. The molecule has 0 radical (unpaired) electrons. The summed E-state index contributed by atoms with van der Waals surface area (Å²) in [6, 6.07) is 7.94. The second-order valence-corrected chi connectivity index (χ2v) is 6.00. The number of hydrogen-bond acceptors (Lipinski definition) is 4. The Kier molecular flexibility index (Phi) is 3.59. The molecule has 0 aliphatic carbocycles. The van der Waals surface area contributed by atoms with Crippen LogP contribution in [-0.4, -0.2) is 15.8 Å². The van der Waals surface area contributed by atoms with Crippen LogP contribution in [0.4, 0.5) is 4.39 Å². The smallest absolute Gasteiger partial charge is 0.188 e. The Balaban J connectivity index is 1.58. The van der Waals surface area contributed by atoms with E-state index in [0.717, 1.165) is 5.01 Å². The van der Waals surface area contributed by atoms with Gasteiger partial charge in [-0.15, -0.1) is 11.3 Å². The Labute approximate surface area is 140 Å². The van der Waals surface area contributed by atoms with Crippen molar-refractivity contribution in [3.63, 3.8) is 0 Å². The maximum atomic E-state index is 13.2. The van der Waals surface area contributed by atoms with Crippen LogP contribution in [0.25, 0.3) is 27.7 Å². The number of ketones is 1. The summed E-state index contributed by atoms with van der Waals surface area (Å²) in [6.45, 7) is 0. The van der Waals surface area contributed by atoms with Gasteiger partial charge in [-0.05, 0) is 42.5 Å². The fourth-order valence-electron chi connectivity index (χ4n) is 2.43. The number of aromatic nitrogens is 2. The first-order chi connectivity index (χ1) is 11.7. The highest BCUT2D eigenvalue weighted by molar-refractivity contribution is 7.13. The Morgan fingerprint density at radius 3 is 3.08 bits per heavy atom. The van der Waals surface area contributed by atoms with Crippen LogP contribution < -0.4 is 0 Å². The summed E-state index contributed by atoms with van der Waals surface area (Å²) in [5.41, 5.74) is 1.79. The number of H-pyrrole nitrogens is 1. The molecule has 1 aromatic carbocycles. The molecule has 0 saturated heterocycles. The minimum atomic E-state index is -0.341. The number of thiazole rings is 1. The lowest BCUT2D eigenvalue weighted by Gasteiger charge is -1.94. The van der Waals surface area contributed by atoms with Gasteiger partial charge < -0.3 is 9.40 Å². The molecule has 0 aliphatic heterocycles. The van der Waals surface area contributed by atoms with E-state index in [1.54, 1.807) is 30.7 Å². The fraction of sp³-hybridized carbons (Fsp3) is 0. The molecule has 4 rings (SSSR count). The van der Waals surface area contributed by atoms with Crippen molar-refractivity contribution in [1.82, 2.24) is 9.97 Å². The van der Waals surface area contributed by atoms with Crippen molar-refractivity contribution in [3.05, 3.63) is 71.3 Å². The van der Waals surface area contributed by atoms with Gasteiger partial charge >= 0.3 is 0 Å². The molecule has 0 bridgehead atoms. The third-order valence-corrected chi connectivity index (χ3v) is 4.44. The monoisotopic (exact) mass is 338 g/mol. The number of carbonyl (C=O) groups is 1. The van der Waals surface area contributed by atoms with Gasteiger partial charge in [0.2, 0.25) is 0 Å². The van der Waals surface area contributed by atoms with Gasteiger partial charge in [0.15, 0.2) is 16.6 Å². The summed E-state index contributed by atoms with van der Waals surface area (Å²) in [4.78, 5) is 19.7. The van der Waals surface area contributed by atoms with Gasteiger partial charge in [0.25, 0.3) is 0 Å². The van der Waals surface area contributed by atoms with Gasteiger partial charge in [0.1, 0.15) is 5.82 Å². The normalized spacial score (nSPS) is 11.5. The van der Waals surface area contributed by atoms with Gasteiger partial charge in [0, 0.05) is 28.0 Å². The molecule has 0 fully saturated rings. The van der Waals surface area contributed by atoms with E-state index in [2.05, 4.69) is 9.97 Å². The van der Waals surface area contributed by atoms with E-state index in [1.807, 2.05) is 11.4 Å². The number of aromatic amines is 1. The fourth-order valence-corrected chi connectivity index (χ4v) is 3.18. The first kappa shape index (κ1) is 14.6. The number of rotatable bonds is 4. The number of fused-ring (bicyclic) bond motifs is 1. The third kappa shape index (κ3) is 2.68. The van der Waals surface area contributed by atoms with Crippen molar-refractivity contribution in [2.45, 2.75) is 0 Å². The zero-order chi connectivity index (χ0) is 16.5. The van der Waals surface area contributed by atoms with Gasteiger partial charge in [-0.25, -0.2) is 9.37 Å². The largest absolute Gasteiger partial charge is 0.462 e. The van der Waals surface area contributed by atoms with Crippen molar-refractivity contribution in [2.75, 3.05) is 0 Å². The molecule has 1 N–H and O–H groups in total. The van der Waals surface area contributed by atoms with Crippen LogP contribution in [0, 0.1) is 5.82 Å². The van der Waals surface area contributed by atoms with Crippen LogP contribution >= 0.6 is 11.3 Å². The summed E-state index contributed by atoms with van der Waals surface area (Å²) < 4.78 is 18.5. The average Bonchev–Trinajstić information content (AvgIpc) is 3.31. The molecule has 4 nitrogen and oxygen atoms in total. The molecule has 4 aromatic rings. The molecular formula is C18H11FN2O2S. The SMILES string of the molecule is O=C(C=Cc1csc(-c2ccco2)n1)c1c[nH]c2cc(F)ccc12. The van der Waals surface area contributed by atoms with Crippen molar-refractivity contribution >= 4 is 34.1 Å². The van der Waals surface area contributed by atoms with Gasteiger partial charge in [-0.1, -0.05) is 0 Å². The Morgan fingerprint density at radius 1 is 1.33 bits per heavy atom. The molecular weight excluding hydrogens is 327 g/mol. The van der Waals surface area contributed by atoms with Crippen molar-refractivity contribution in [2.24, 2.45) is 0 Å². The maximum Gasteiger partial charge on any atom is 0.188 e. The summed E-state index contributed by atoms with van der Waals surface area (Å²) in [5, 5.41) is 3.31. The van der Waals surface area contributed by atoms with Crippen LogP contribution in [-0.2, 0) is 0 Å². The topological polar surface area (TPSA) is 58.9 Å². The van der Waals surface area contributed by atoms with Crippen molar-refractivity contribution in [3.8, 4) is 10.8 Å². The second kappa shape index (κ2) is 5.90. The van der Waals surface area contributed by atoms with Crippen molar-refractivity contribution in [1.29, 1.82) is 0 Å². The lowest BCUT2D eigenvalue weighted by molar-refractivity contribution is 0.104. The van der Waals surface area contributed by atoms with E-state index in [9.17, 15) is 9.18 Å². The third-order valence-electron chi connectivity index (χ3n) is 3.57. The van der Waals surface area contributed by atoms with E-state index < -0.39 is 0 Å². The van der Waals surface area contributed by atoms with Crippen LogP contribution in [0.15, 0.2) is 58.7 Å². The molecule has 0 aliphatic rings. The Morgan fingerprint density at radius 2 is 2.25 bits per heavy atom. The lowest BCUT2D eigenvalue weighted by Crippen LogP contribution is -1.92. The maximum absolute atomic E-state index is 13.2. The van der Waals surface area contributed by atoms with Crippen LogP contribution in [0.3, 0.4) is 0 Å². The predicted molar refractivity (Wildman–Crippen MR) is 91.4 cm³/mol. The molecule has 0 saturated carbocycles. The quantitative estimate of drug-likeness (QED) is 0.424. The van der Waals surface area contributed by atoms with Gasteiger partial charge in [-0.2, -0.15) is 0 Å². The lowest BCUT2D eigenvalue weighted by atomic mass is 10.1. The number of halogens is 1. The number of benzene rings is 1.